The Kier molecular flexibility index (Phi) is 5.99. The standard InChI is InChI=1S/C14Cl6F4S2/c15-3-5(17)13(19)25-11(3)1-7(21)9(23)2(10(24)8(1)22)12-4(16)6(18)14(20)26-12. The van der Waals surface area contributed by atoms with Crippen molar-refractivity contribution in [3.8, 4) is 20.9 Å². The van der Waals surface area contributed by atoms with Gasteiger partial charge >= 0.3 is 0 Å². The molecule has 2 heterocycles. The molecular formula is C14Cl6F4S2. The van der Waals surface area contributed by atoms with Crippen LogP contribution < -0.4 is 0 Å². The molecule has 3 rings (SSSR count). The molecule has 26 heavy (non-hydrogen) atoms. The van der Waals surface area contributed by atoms with Gasteiger partial charge in [0.1, 0.15) is 8.67 Å². The fourth-order valence-electron chi connectivity index (χ4n) is 2.08. The van der Waals surface area contributed by atoms with E-state index in [1.54, 1.807) is 0 Å². The minimum Gasteiger partial charge on any atom is -0.203 e. The first-order chi connectivity index (χ1) is 12.1. The topological polar surface area (TPSA) is 0 Å². The third-order valence-electron chi connectivity index (χ3n) is 3.23. The summed E-state index contributed by atoms with van der Waals surface area (Å²) >= 11 is 35.9. The molecule has 0 radical (unpaired) electrons. The second kappa shape index (κ2) is 7.48. The Labute approximate surface area is 181 Å². The van der Waals surface area contributed by atoms with Crippen molar-refractivity contribution in [3.05, 3.63) is 52.0 Å². The van der Waals surface area contributed by atoms with Crippen molar-refractivity contribution in [1.29, 1.82) is 0 Å². The molecular weight excluding hydrogens is 521 g/mol. The van der Waals surface area contributed by atoms with E-state index in [9.17, 15) is 17.6 Å². The van der Waals surface area contributed by atoms with Crippen LogP contribution in [0.3, 0.4) is 0 Å². The highest BCUT2D eigenvalue weighted by Crippen LogP contribution is 2.51. The molecule has 0 amide bonds. The average Bonchev–Trinajstić information content (AvgIpc) is 2.99. The van der Waals surface area contributed by atoms with Gasteiger partial charge in [-0.3, -0.25) is 0 Å². The molecule has 0 saturated heterocycles. The molecule has 0 fully saturated rings. The van der Waals surface area contributed by atoms with E-state index in [0.717, 1.165) is 0 Å². The SMILES string of the molecule is Fc1c(F)c(-c2sc(Cl)c(Cl)c2Cl)c(F)c(F)c1-c1sc(Cl)c(Cl)c1Cl. The van der Waals surface area contributed by atoms with Gasteiger partial charge < -0.3 is 0 Å². The van der Waals surface area contributed by atoms with E-state index in [1.807, 2.05) is 0 Å². The predicted octanol–water partition coefficient (Wildman–Crippen LogP) is 9.62. The second-order valence-corrected chi connectivity index (χ2v) is 9.43. The Balaban J connectivity index is 2.36. The summed E-state index contributed by atoms with van der Waals surface area (Å²) in [6, 6.07) is 0. The van der Waals surface area contributed by atoms with Crippen LogP contribution >= 0.6 is 92.3 Å². The van der Waals surface area contributed by atoms with Gasteiger partial charge in [0.05, 0.1) is 41.0 Å². The molecule has 0 bridgehead atoms. The van der Waals surface area contributed by atoms with Crippen molar-refractivity contribution in [2.75, 3.05) is 0 Å². The maximum atomic E-state index is 14.6. The van der Waals surface area contributed by atoms with Crippen LogP contribution in [0.2, 0.25) is 28.8 Å². The van der Waals surface area contributed by atoms with Gasteiger partial charge in [0.25, 0.3) is 0 Å². The third-order valence-corrected chi connectivity index (χ3v) is 8.41. The molecule has 0 saturated carbocycles. The minimum absolute atomic E-state index is 0.0878. The van der Waals surface area contributed by atoms with E-state index in [-0.39, 0.29) is 38.5 Å². The Hall–Kier alpha value is 0.0800. The highest BCUT2D eigenvalue weighted by atomic mass is 35.5. The first-order valence-corrected chi connectivity index (χ1v) is 10.1. The number of rotatable bonds is 2. The zero-order valence-electron chi connectivity index (χ0n) is 11.6. The number of benzene rings is 1. The van der Waals surface area contributed by atoms with Crippen LogP contribution in [0.1, 0.15) is 0 Å². The van der Waals surface area contributed by atoms with E-state index in [1.165, 1.54) is 0 Å². The summed E-state index contributed by atoms with van der Waals surface area (Å²) in [6.07, 6.45) is 0. The monoisotopic (exact) mass is 518 g/mol. The molecule has 2 aromatic heterocycles. The molecule has 0 aliphatic heterocycles. The van der Waals surface area contributed by atoms with Crippen molar-refractivity contribution in [3.63, 3.8) is 0 Å². The summed E-state index contributed by atoms with van der Waals surface area (Å²) in [5.74, 6) is -6.75. The van der Waals surface area contributed by atoms with Crippen LogP contribution in [0.5, 0.6) is 0 Å². The number of halogens is 10. The maximum Gasteiger partial charge on any atom is 0.171 e. The van der Waals surface area contributed by atoms with Gasteiger partial charge in [-0.1, -0.05) is 69.6 Å². The van der Waals surface area contributed by atoms with E-state index < -0.39 is 34.4 Å². The van der Waals surface area contributed by atoms with Gasteiger partial charge in [-0.05, 0) is 0 Å². The lowest BCUT2D eigenvalue weighted by atomic mass is 10.1. The summed E-state index contributed by atoms with van der Waals surface area (Å²) in [7, 11) is 0. The smallest absolute Gasteiger partial charge is 0.171 e. The minimum atomic E-state index is -1.69. The second-order valence-electron chi connectivity index (χ2n) is 4.67. The lowest BCUT2D eigenvalue weighted by molar-refractivity contribution is 0.463. The predicted molar refractivity (Wildman–Crippen MR) is 103 cm³/mol. The molecule has 0 aliphatic carbocycles. The number of thiophene rings is 2. The van der Waals surface area contributed by atoms with Crippen LogP contribution in [0.15, 0.2) is 0 Å². The lowest BCUT2D eigenvalue weighted by Crippen LogP contribution is -2.02. The van der Waals surface area contributed by atoms with Crippen LogP contribution in [0, 0.1) is 23.3 Å². The summed E-state index contributed by atoms with van der Waals surface area (Å²) < 4.78 is 58.3. The summed E-state index contributed by atoms with van der Waals surface area (Å²) in [6.45, 7) is 0. The van der Waals surface area contributed by atoms with Crippen LogP contribution in [0.25, 0.3) is 20.9 Å². The zero-order valence-corrected chi connectivity index (χ0v) is 17.8. The fourth-order valence-corrected chi connectivity index (χ4v) is 5.77. The van der Waals surface area contributed by atoms with Crippen LogP contribution in [0.4, 0.5) is 17.6 Å². The number of hydrogen-bond acceptors (Lipinski definition) is 2. The molecule has 0 spiro atoms. The van der Waals surface area contributed by atoms with Crippen LogP contribution in [-0.2, 0) is 0 Å². The molecule has 1 aromatic carbocycles. The Morgan fingerprint density at radius 3 is 0.923 bits per heavy atom. The number of hydrogen-bond donors (Lipinski definition) is 0. The van der Waals surface area contributed by atoms with Crippen molar-refractivity contribution < 1.29 is 17.6 Å². The highest BCUT2D eigenvalue weighted by Gasteiger charge is 2.32. The average molecular weight is 521 g/mol. The summed E-state index contributed by atoms with van der Waals surface area (Å²) in [4.78, 5) is -0.705. The highest BCUT2D eigenvalue weighted by molar-refractivity contribution is 7.21. The fraction of sp³-hybridized carbons (Fsp3) is 0. The van der Waals surface area contributed by atoms with E-state index in [4.69, 9.17) is 69.6 Å². The molecule has 0 nitrogen and oxygen atoms in total. The van der Waals surface area contributed by atoms with Gasteiger partial charge in [-0.15, -0.1) is 22.7 Å². The van der Waals surface area contributed by atoms with E-state index in [2.05, 4.69) is 0 Å². The summed E-state index contributed by atoms with van der Waals surface area (Å²) in [5, 5.41) is -1.02. The Bertz CT molecular complexity index is 947. The molecule has 138 valence electrons. The summed E-state index contributed by atoms with van der Waals surface area (Å²) in [5.41, 5.74) is -2.06. The largest absolute Gasteiger partial charge is 0.203 e. The third kappa shape index (κ3) is 3.12. The van der Waals surface area contributed by atoms with Gasteiger partial charge in [0.2, 0.25) is 0 Å². The van der Waals surface area contributed by atoms with Crippen LogP contribution in [-0.4, -0.2) is 0 Å². The molecule has 0 atom stereocenters. The van der Waals surface area contributed by atoms with Gasteiger partial charge in [-0.25, -0.2) is 17.6 Å². The van der Waals surface area contributed by atoms with Crippen molar-refractivity contribution in [2.45, 2.75) is 0 Å². The molecule has 3 aromatic rings. The van der Waals surface area contributed by atoms with Gasteiger partial charge in [-0.2, -0.15) is 0 Å². The zero-order chi connectivity index (χ0) is 19.5. The lowest BCUT2D eigenvalue weighted by Gasteiger charge is -2.11. The quantitative estimate of drug-likeness (QED) is 0.233. The molecule has 12 heteroatoms. The van der Waals surface area contributed by atoms with Gasteiger partial charge in [0.15, 0.2) is 23.3 Å². The maximum absolute atomic E-state index is 14.6. The Morgan fingerprint density at radius 1 is 0.462 bits per heavy atom. The molecule has 0 unspecified atom stereocenters. The van der Waals surface area contributed by atoms with E-state index in [0.29, 0.717) is 22.7 Å². The molecule has 0 aliphatic rings. The van der Waals surface area contributed by atoms with E-state index >= 15 is 0 Å². The Morgan fingerprint density at radius 2 is 0.731 bits per heavy atom. The van der Waals surface area contributed by atoms with Crippen molar-refractivity contribution in [1.82, 2.24) is 0 Å². The van der Waals surface area contributed by atoms with Crippen molar-refractivity contribution >= 4 is 92.3 Å². The van der Waals surface area contributed by atoms with Gasteiger partial charge in [0, 0.05) is 0 Å². The van der Waals surface area contributed by atoms with Crippen molar-refractivity contribution in [2.24, 2.45) is 0 Å². The first kappa shape index (κ1) is 20.8. The molecule has 0 N–H and O–H groups in total. The first-order valence-electron chi connectivity index (χ1n) is 6.21. The normalized spacial score (nSPS) is 11.5.